The quantitative estimate of drug-likeness (QED) is 0.868. The van der Waals surface area contributed by atoms with Gasteiger partial charge in [0.05, 0.1) is 5.56 Å². The summed E-state index contributed by atoms with van der Waals surface area (Å²) < 4.78 is 10.6. The summed E-state index contributed by atoms with van der Waals surface area (Å²) in [5.74, 6) is -0.265. The van der Waals surface area contributed by atoms with Crippen molar-refractivity contribution in [3.05, 3.63) is 59.2 Å². The number of ether oxygens (including phenoxy) is 2. The molecule has 0 atom stereocenters. The number of piperazine rings is 1. The number of aromatic carboxylic acids is 1. The largest absolute Gasteiger partial charge is 0.478 e. The van der Waals surface area contributed by atoms with Gasteiger partial charge in [-0.1, -0.05) is 6.07 Å². The first-order valence-electron chi connectivity index (χ1n) is 8.84. The molecular formula is C20H18N2O6. The van der Waals surface area contributed by atoms with Crippen molar-refractivity contribution in [1.82, 2.24) is 9.80 Å². The molecule has 0 radical (unpaired) electrons. The molecule has 2 aliphatic rings. The zero-order chi connectivity index (χ0) is 19.7. The van der Waals surface area contributed by atoms with E-state index in [9.17, 15) is 14.4 Å². The van der Waals surface area contributed by atoms with Gasteiger partial charge in [0, 0.05) is 37.3 Å². The van der Waals surface area contributed by atoms with Gasteiger partial charge in [-0.15, -0.1) is 0 Å². The highest BCUT2D eigenvalue weighted by Gasteiger charge is 2.27. The van der Waals surface area contributed by atoms with Crippen LogP contribution in [0, 0.1) is 0 Å². The van der Waals surface area contributed by atoms with Crippen molar-refractivity contribution in [1.29, 1.82) is 0 Å². The van der Waals surface area contributed by atoms with E-state index in [4.69, 9.17) is 14.6 Å². The minimum Gasteiger partial charge on any atom is -0.478 e. The Labute approximate surface area is 160 Å². The summed E-state index contributed by atoms with van der Waals surface area (Å²) in [5, 5.41) is 9.08. The lowest BCUT2D eigenvalue weighted by atomic mass is 10.1. The second kappa shape index (κ2) is 7.22. The molecule has 0 saturated carbocycles. The molecule has 8 heteroatoms. The van der Waals surface area contributed by atoms with Crippen molar-refractivity contribution in [3.8, 4) is 11.5 Å². The molecule has 0 aromatic heterocycles. The number of rotatable bonds is 3. The SMILES string of the molecule is O=C(O)c1cccc(C(=O)N2CCN(C(=O)c3ccc4c(c3)OCO4)CC2)c1. The van der Waals surface area contributed by atoms with Crippen molar-refractivity contribution in [2.24, 2.45) is 0 Å². The van der Waals surface area contributed by atoms with Crippen LogP contribution >= 0.6 is 0 Å². The number of nitrogens with zero attached hydrogens (tertiary/aromatic N) is 2. The predicted molar refractivity (Wildman–Crippen MR) is 97.8 cm³/mol. The van der Waals surface area contributed by atoms with E-state index < -0.39 is 5.97 Å². The number of hydrogen-bond acceptors (Lipinski definition) is 5. The van der Waals surface area contributed by atoms with Gasteiger partial charge in [0.25, 0.3) is 11.8 Å². The fourth-order valence-corrected chi connectivity index (χ4v) is 3.29. The van der Waals surface area contributed by atoms with Gasteiger partial charge in [-0.25, -0.2) is 4.79 Å². The Bertz CT molecular complexity index is 949. The van der Waals surface area contributed by atoms with Crippen LogP contribution in [0.3, 0.4) is 0 Å². The van der Waals surface area contributed by atoms with Crippen LogP contribution in [0.1, 0.15) is 31.1 Å². The third-order valence-electron chi connectivity index (χ3n) is 4.83. The lowest BCUT2D eigenvalue weighted by molar-refractivity contribution is 0.0535. The predicted octanol–water partition coefficient (Wildman–Crippen LogP) is 1.71. The normalized spacial score (nSPS) is 15.4. The van der Waals surface area contributed by atoms with Gasteiger partial charge >= 0.3 is 5.97 Å². The summed E-state index contributed by atoms with van der Waals surface area (Å²) in [5.41, 5.74) is 0.913. The van der Waals surface area contributed by atoms with E-state index >= 15 is 0 Å². The van der Waals surface area contributed by atoms with Gasteiger partial charge < -0.3 is 24.4 Å². The number of fused-ring (bicyclic) bond motifs is 1. The van der Waals surface area contributed by atoms with Crippen LogP contribution in [-0.4, -0.2) is 65.7 Å². The Hall–Kier alpha value is -3.55. The molecule has 2 aromatic carbocycles. The molecule has 2 amide bonds. The number of benzene rings is 2. The van der Waals surface area contributed by atoms with Crippen LogP contribution in [0.4, 0.5) is 0 Å². The minimum absolute atomic E-state index is 0.0717. The van der Waals surface area contributed by atoms with E-state index in [2.05, 4.69) is 0 Å². The van der Waals surface area contributed by atoms with Crippen LogP contribution in [0.2, 0.25) is 0 Å². The number of carboxylic acids is 1. The average Bonchev–Trinajstić information content (AvgIpc) is 3.20. The highest BCUT2D eigenvalue weighted by molar-refractivity contribution is 5.98. The van der Waals surface area contributed by atoms with Crippen LogP contribution in [-0.2, 0) is 0 Å². The van der Waals surface area contributed by atoms with Gasteiger partial charge in [0.15, 0.2) is 11.5 Å². The first kappa shape index (κ1) is 17.8. The third-order valence-corrected chi connectivity index (χ3v) is 4.83. The lowest BCUT2D eigenvalue weighted by Gasteiger charge is -2.35. The number of carboxylic acid groups (broad SMARTS) is 1. The van der Waals surface area contributed by atoms with E-state index in [1.165, 1.54) is 12.1 Å². The molecule has 0 aliphatic carbocycles. The summed E-state index contributed by atoms with van der Waals surface area (Å²) in [6.07, 6.45) is 0. The Morgan fingerprint density at radius 1 is 0.750 bits per heavy atom. The van der Waals surface area contributed by atoms with E-state index in [-0.39, 0.29) is 24.2 Å². The van der Waals surface area contributed by atoms with E-state index in [0.29, 0.717) is 48.8 Å². The molecule has 4 rings (SSSR count). The Kier molecular flexibility index (Phi) is 4.60. The van der Waals surface area contributed by atoms with Crippen molar-refractivity contribution < 1.29 is 29.0 Å². The van der Waals surface area contributed by atoms with Crippen LogP contribution in [0.15, 0.2) is 42.5 Å². The fourth-order valence-electron chi connectivity index (χ4n) is 3.29. The lowest BCUT2D eigenvalue weighted by Crippen LogP contribution is -2.50. The monoisotopic (exact) mass is 382 g/mol. The number of amides is 2. The van der Waals surface area contributed by atoms with E-state index in [1.807, 2.05) is 0 Å². The molecule has 8 nitrogen and oxygen atoms in total. The summed E-state index contributed by atoms with van der Waals surface area (Å²) in [6.45, 7) is 1.71. The van der Waals surface area contributed by atoms with Gasteiger partial charge in [-0.05, 0) is 36.4 Å². The van der Waals surface area contributed by atoms with Crippen molar-refractivity contribution in [3.63, 3.8) is 0 Å². The molecule has 1 fully saturated rings. The molecule has 2 aliphatic heterocycles. The van der Waals surface area contributed by atoms with E-state index in [1.54, 1.807) is 40.1 Å². The topological polar surface area (TPSA) is 96.4 Å². The van der Waals surface area contributed by atoms with Crippen molar-refractivity contribution in [2.45, 2.75) is 0 Å². The molecule has 0 bridgehead atoms. The maximum absolute atomic E-state index is 12.7. The summed E-state index contributed by atoms with van der Waals surface area (Å²) in [4.78, 5) is 39.8. The third kappa shape index (κ3) is 3.36. The number of carbonyl (C=O) groups is 3. The zero-order valence-corrected chi connectivity index (χ0v) is 15.0. The minimum atomic E-state index is -1.08. The Morgan fingerprint density at radius 2 is 1.32 bits per heavy atom. The maximum Gasteiger partial charge on any atom is 0.335 e. The van der Waals surface area contributed by atoms with Crippen molar-refractivity contribution >= 4 is 17.8 Å². The molecule has 2 aromatic rings. The van der Waals surface area contributed by atoms with Crippen molar-refractivity contribution in [2.75, 3.05) is 33.0 Å². The van der Waals surface area contributed by atoms with Gasteiger partial charge in [0.1, 0.15) is 0 Å². The smallest absolute Gasteiger partial charge is 0.335 e. The molecule has 1 N–H and O–H groups in total. The molecule has 144 valence electrons. The Morgan fingerprint density at radius 3 is 1.96 bits per heavy atom. The fraction of sp³-hybridized carbons (Fsp3) is 0.250. The maximum atomic E-state index is 12.7. The summed E-state index contributed by atoms with van der Waals surface area (Å²) in [7, 11) is 0. The van der Waals surface area contributed by atoms with Gasteiger partial charge in [0.2, 0.25) is 6.79 Å². The summed E-state index contributed by atoms with van der Waals surface area (Å²) >= 11 is 0. The zero-order valence-electron chi connectivity index (χ0n) is 15.0. The molecule has 2 heterocycles. The highest BCUT2D eigenvalue weighted by atomic mass is 16.7. The number of hydrogen-bond donors (Lipinski definition) is 1. The first-order valence-corrected chi connectivity index (χ1v) is 8.84. The number of carbonyl (C=O) groups excluding carboxylic acids is 2. The molecule has 0 spiro atoms. The summed E-state index contributed by atoms with van der Waals surface area (Å²) in [6, 6.07) is 11.0. The molecule has 0 unspecified atom stereocenters. The highest BCUT2D eigenvalue weighted by Crippen LogP contribution is 2.32. The standard InChI is InChI=1S/C20H18N2O6/c23-18(13-2-1-3-15(10-13)20(25)26)21-6-8-22(9-7-21)19(24)14-4-5-16-17(11-14)28-12-27-16/h1-5,10-11H,6-9,12H2,(H,25,26). The van der Waals surface area contributed by atoms with Crippen LogP contribution in [0.25, 0.3) is 0 Å². The Balaban J connectivity index is 1.40. The van der Waals surface area contributed by atoms with Gasteiger partial charge in [-0.3, -0.25) is 9.59 Å². The van der Waals surface area contributed by atoms with Gasteiger partial charge in [-0.2, -0.15) is 0 Å². The molecular weight excluding hydrogens is 364 g/mol. The van der Waals surface area contributed by atoms with Crippen LogP contribution < -0.4 is 9.47 Å². The molecule has 28 heavy (non-hydrogen) atoms. The second-order valence-corrected chi connectivity index (χ2v) is 6.54. The van der Waals surface area contributed by atoms with E-state index in [0.717, 1.165) is 0 Å². The first-order chi connectivity index (χ1) is 13.5. The van der Waals surface area contributed by atoms with Crippen LogP contribution in [0.5, 0.6) is 11.5 Å². The average molecular weight is 382 g/mol. The molecule has 1 saturated heterocycles. The second-order valence-electron chi connectivity index (χ2n) is 6.54.